The Hall–Kier alpha value is -3.79. The van der Waals surface area contributed by atoms with Gasteiger partial charge in [-0.1, -0.05) is 18.2 Å². The lowest BCUT2D eigenvalue weighted by Crippen LogP contribution is -2.45. The monoisotopic (exact) mass is 418 g/mol. The molecule has 1 saturated carbocycles. The Kier molecular flexibility index (Phi) is 3.69. The number of aliphatic hydroxyl groups is 1. The van der Waals surface area contributed by atoms with Crippen LogP contribution < -0.4 is 5.73 Å². The Morgan fingerprint density at radius 1 is 1.23 bits per heavy atom. The first-order chi connectivity index (χ1) is 15.1. The van der Waals surface area contributed by atoms with Crippen LogP contribution in [0.1, 0.15) is 41.2 Å². The summed E-state index contributed by atoms with van der Waals surface area (Å²) in [6, 6.07) is 8.97. The Labute approximate surface area is 175 Å². The molecule has 0 amide bonds. The predicted molar refractivity (Wildman–Crippen MR) is 108 cm³/mol. The highest BCUT2D eigenvalue weighted by molar-refractivity contribution is 5.95. The molecule has 1 aliphatic carbocycles. The van der Waals surface area contributed by atoms with Crippen LogP contribution in [0.15, 0.2) is 47.4 Å². The molecular weight excluding hydrogens is 400 g/mol. The van der Waals surface area contributed by atoms with Gasteiger partial charge >= 0.3 is 5.97 Å². The van der Waals surface area contributed by atoms with Gasteiger partial charge in [-0.2, -0.15) is 0 Å². The number of aromatic nitrogens is 5. The van der Waals surface area contributed by atoms with Crippen molar-refractivity contribution < 1.29 is 19.3 Å². The van der Waals surface area contributed by atoms with Crippen molar-refractivity contribution in [2.75, 3.05) is 5.73 Å². The van der Waals surface area contributed by atoms with E-state index in [4.69, 9.17) is 15.1 Å². The molecular formula is C21H18N6O4. The van der Waals surface area contributed by atoms with Crippen LogP contribution in [0.5, 0.6) is 0 Å². The Morgan fingerprint density at radius 3 is 2.90 bits per heavy atom. The number of anilines is 1. The van der Waals surface area contributed by atoms with Crippen LogP contribution in [0.4, 0.5) is 5.82 Å². The van der Waals surface area contributed by atoms with Crippen LogP contribution in [-0.2, 0) is 10.3 Å². The fourth-order valence-electron chi connectivity index (χ4n) is 4.92. The summed E-state index contributed by atoms with van der Waals surface area (Å²) in [7, 11) is 0. The largest absolute Gasteiger partial charge is 0.448 e. The SMILES string of the molecule is Nc1nonc1-c1nc2cnccc2n1[C@H]1CC[C@]2(OC(=O)c3ccccc32)[C@H](O)C1. The number of hydrogen-bond donors (Lipinski definition) is 2. The Balaban J connectivity index is 1.43. The van der Waals surface area contributed by atoms with Gasteiger partial charge in [-0.3, -0.25) is 4.98 Å². The standard InChI is InChI=1S/C21H18N6O4/c22-18-17(25-31-26-18)19-24-14-10-23-8-6-15(14)27(19)11-5-7-21(16(28)9-11)13-4-2-1-3-12(13)20(29)30-21/h1-4,6,8,10-11,16,28H,5,7,9H2,(H2,22,26)/t11-,16+,21+/m0/s1. The molecule has 31 heavy (non-hydrogen) atoms. The van der Waals surface area contributed by atoms with E-state index in [0.29, 0.717) is 41.9 Å². The second kappa shape index (κ2) is 6.35. The number of fused-ring (bicyclic) bond motifs is 3. The maximum Gasteiger partial charge on any atom is 0.339 e. The number of carbonyl (C=O) groups is 1. The number of aliphatic hydroxyl groups excluding tert-OH is 1. The summed E-state index contributed by atoms with van der Waals surface area (Å²) in [6.45, 7) is 0. The van der Waals surface area contributed by atoms with E-state index in [0.717, 1.165) is 11.1 Å². The summed E-state index contributed by atoms with van der Waals surface area (Å²) in [5, 5.41) is 18.8. The summed E-state index contributed by atoms with van der Waals surface area (Å²) in [5.74, 6) is 0.240. The first-order valence-corrected chi connectivity index (χ1v) is 10.00. The molecule has 0 radical (unpaired) electrons. The van der Waals surface area contributed by atoms with Crippen molar-refractivity contribution in [2.24, 2.45) is 0 Å². The molecule has 3 atom stereocenters. The molecule has 2 aliphatic rings. The van der Waals surface area contributed by atoms with Gasteiger partial charge in [0.25, 0.3) is 0 Å². The summed E-state index contributed by atoms with van der Waals surface area (Å²) in [4.78, 5) is 21.2. The van der Waals surface area contributed by atoms with Crippen molar-refractivity contribution in [1.29, 1.82) is 0 Å². The predicted octanol–water partition coefficient (Wildman–Crippen LogP) is 2.22. The molecule has 4 aromatic rings. The van der Waals surface area contributed by atoms with Gasteiger partial charge in [0, 0.05) is 17.8 Å². The first kappa shape index (κ1) is 18.0. The fraction of sp³-hybridized carbons (Fsp3) is 0.286. The Bertz CT molecular complexity index is 1330. The van der Waals surface area contributed by atoms with Crippen LogP contribution in [0.2, 0.25) is 0 Å². The van der Waals surface area contributed by atoms with Gasteiger partial charge in [0.15, 0.2) is 22.9 Å². The smallest absolute Gasteiger partial charge is 0.339 e. The third kappa shape index (κ3) is 2.45. The van der Waals surface area contributed by atoms with E-state index >= 15 is 0 Å². The normalized spacial score (nSPS) is 25.1. The number of hydrogen-bond acceptors (Lipinski definition) is 9. The van der Waals surface area contributed by atoms with Crippen LogP contribution in [0.3, 0.4) is 0 Å². The van der Waals surface area contributed by atoms with Crippen LogP contribution >= 0.6 is 0 Å². The number of nitrogens with two attached hydrogens (primary N) is 1. The molecule has 10 heteroatoms. The lowest BCUT2D eigenvalue weighted by atomic mass is 9.75. The first-order valence-electron chi connectivity index (χ1n) is 10.00. The van der Waals surface area contributed by atoms with Gasteiger partial charge in [-0.05, 0) is 41.7 Å². The molecule has 3 N–H and O–H groups in total. The average molecular weight is 418 g/mol. The number of ether oxygens (including phenoxy) is 1. The van der Waals surface area contributed by atoms with Crippen molar-refractivity contribution in [3.05, 3.63) is 53.9 Å². The zero-order chi connectivity index (χ0) is 21.2. The quantitative estimate of drug-likeness (QED) is 0.468. The van der Waals surface area contributed by atoms with E-state index < -0.39 is 17.7 Å². The molecule has 1 spiro atoms. The van der Waals surface area contributed by atoms with E-state index in [1.807, 2.05) is 22.8 Å². The van der Waals surface area contributed by atoms with Crippen LogP contribution in [-0.4, -0.2) is 42.0 Å². The zero-order valence-electron chi connectivity index (χ0n) is 16.3. The van der Waals surface area contributed by atoms with Gasteiger partial charge in [0.1, 0.15) is 11.6 Å². The number of pyridine rings is 1. The van der Waals surface area contributed by atoms with Gasteiger partial charge < -0.3 is 20.1 Å². The summed E-state index contributed by atoms with van der Waals surface area (Å²) in [6.07, 6.45) is 3.93. The lowest BCUT2D eigenvalue weighted by molar-refractivity contribution is -0.115. The zero-order valence-corrected chi connectivity index (χ0v) is 16.3. The third-order valence-electron chi connectivity index (χ3n) is 6.34. The molecule has 6 rings (SSSR count). The minimum atomic E-state index is -1.03. The van der Waals surface area contributed by atoms with Crippen molar-refractivity contribution in [3.8, 4) is 11.5 Å². The number of nitrogens with zero attached hydrogens (tertiary/aromatic N) is 5. The number of rotatable bonds is 2. The van der Waals surface area contributed by atoms with Crippen molar-refractivity contribution in [3.63, 3.8) is 0 Å². The van der Waals surface area contributed by atoms with Crippen molar-refractivity contribution >= 4 is 22.8 Å². The second-order valence-corrected chi connectivity index (χ2v) is 7.94. The minimum absolute atomic E-state index is 0.134. The van der Waals surface area contributed by atoms with Gasteiger partial charge in [0.2, 0.25) is 0 Å². The lowest BCUT2D eigenvalue weighted by Gasteiger charge is -2.41. The maximum atomic E-state index is 12.4. The van der Waals surface area contributed by atoms with Gasteiger partial charge in [-0.15, -0.1) is 0 Å². The van der Waals surface area contributed by atoms with E-state index in [1.54, 1.807) is 24.5 Å². The molecule has 1 aromatic carbocycles. The Morgan fingerprint density at radius 2 is 2.10 bits per heavy atom. The average Bonchev–Trinajstić information content (AvgIpc) is 3.45. The van der Waals surface area contributed by atoms with Crippen molar-refractivity contribution in [1.82, 2.24) is 24.8 Å². The molecule has 1 fully saturated rings. The molecule has 1 aliphatic heterocycles. The molecule has 0 bridgehead atoms. The number of esters is 1. The van der Waals surface area contributed by atoms with Gasteiger partial charge in [0.05, 0.1) is 17.3 Å². The molecule has 10 nitrogen and oxygen atoms in total. The highest BCUT2D eigenvalue weighted by atomic mass is 16.6. The van der Waals surface area contributed by atoms with Crippen molar-refractivity contribution in [2.45, 2.75) is 37.0 Å². The molecule has 0 saturated heterocycles. The van der Waals surface area contributed by atoms with Crippen LogP contribution in [0, 0.1) is 0 Å². The van der Waals surface area contributed by atoms with E-state index in [9.17, 15) is 9.90 Å². The molecule has 4 heterocycles. The molecule has 3 aromatic heterocycles. The highest BCUT2D eigenvalue weighted by Crippen LogP contribution is 2.50. The molecule has 156 valence electrons. The third-order valence-corrected chi connectivity index (χ3v) is 6.34. The highest BCUT2D eigenvalue weighted by Gasteiger charge is 2.53. The summed E-state index contributed by atoms with van der Waals surface area (Å²) < 4.78 is 12.5. The number of carbonyl (C=O) groups excluding carboxylic acids is 1. The summed E-state index contributed by atoms with van der Waals surface area (Å²) in [5.41, 5.74) is 8.02. The van der Waals surface area contributed by atoms with E-state index in [-0.39, 0.29) is 11.9 Å². The summed E-state index contributed by atoms with van der Waals surface area (Å²) >= 11 is 0. The number of nitrogen functional groups attached to an aromatic ring is 1. The van der Waals surface area contributed by atoms with E-state index in [2.05, 4.69) is 20.3 Å². The van der Waals surface area contributed by atoms with E-state index in [1.165, 1.54) is 0 Å². The topological polar surface area (TPSA) is 142 Å². The molecule has 0 unspecified atom stereocenters. The minimum Gasteiger partial charge on any atom is -0.448 e. The fourth-order valence-corrected chi connectivity index (χ4v) is 4.92. The second-order valence-electron chi connectivity index (χ2n) is 7.94. The number of benzene rings is 1. The maximum absolute atomic E-state index is 12.4. The van der Waals surface area contributed by atoms with Crippen LogP contribution in [0.25, 0.3) is 22.6 Å². The number of imidazole rings is 1. The van der Waals surface area contributed by atoms with Gasteiger partial charge in [-0.25, -0.2) is 14.4 Å².